The summed E-state index contributed by atoms with van der Waals surface area (Å²) in [6, 6.07) is 21.9. The van der Waals surface area contributed by atoms with Gasteiger partial charge in [0.25, 0.3) is 0 Å². The minimum absolute atomic E-state index is 0.0197. The van der Waals surface area contributed by atoms with Crippen molar-refractivity contribution in [3.05, 3.63) is 107 Å². The number of carbonyl (C=O) groups excluding carboxylic acids is 2. The van der Waals surface area contributed by atoms with Gasteiger partial charge in [0, 0.05) is 23.4 Å². The molecule has 0 spiro atoms. The fourth-order valence-electron chi connectivity index (χ4n) is 4.63. The highest BCUT2D eigenvalue weighted by Gasteiger charge is 2.25. The smallest absolute Gasteiger partial charge is 0.389 e. The lowest BCUT2D eigenvalue weighted by atomic mass is 9.93. The number of alkyl halides is 3. The summed E-state index contributed by atoms with van der Waals surface area (Å²) in [6.07, 6.45) is -1.75. The van der Waals surface area contributed by atoms with Gasteiger partial charge in [-0.2, -0.15) is 13.2 Å². The number of ketones is 1. The van der Waals surface area contributed by atoms with Crippen LogP contribution in [0.25, 0.3) is 17.2 Å². The third-order valence-electron chi connectivity index (χ3n) is 7.00. The van der Waals surface area contributed by atoms with Crippen molar-refractivity contribution in [2.45, 2.75) is 32.4 Å². The van der Waals surface area contributed by atoms with E-state index in [1.807, 2.05) is 25.1 Å². The van der Waals surface area contributed by atoms with E-state index in [-0.39, 0.29) is 42.3 Å². The van der Waals surface area contributed by atoms with E-state index in [0.29, 0.717) is 28.3 Å². The number of anilines is 2. The summed E-state index contributed by atoms with van der Waals surface area (Å²) in [7, 11) is 1.43. The number of nitrogens with two attached hydrogens (primary N) is 2. The second-order valence-corrected chi connectivity index (χ2v) is 10.3. The van der Waals surface area contributed by atoms with Crippen LogP contribution in [-0.4, -0.2) is 31.6 Å². The van der Waals surface area contributed by atoms with Gasteiger partial charge >= 0.3 is 12.1 Å². The molecule has 0 radical (unpaired) electrons. The molecule has 4 aromatic carbocycles. The summed E-state index contributed by atoms with van der Waals surface area (Å²) >= 11 is 0. The van der Waals surface area contributed by atoms with Crippen LogP contribution in [0.4, 0.5) is 24.5 Å². The second-order valence-electron chi connectivity index (χ2n) is 10.3. The van der Waals surface area contributed by atoms with E-state index in [0.717, 1.165) is 16.7 Å². The van der Waals surface area contributed by atoms with E-state index in [4.69, 9.17) is 25.7 Å². The Bertz CT molecular complexity index is 1680. The van der Waals surface area contributed by atoms with Crippen LogP contribution in [0.5, 0.6) is 17.2 Å². The molecule has 0 aliphatic carbocycles. The van der Waals surface area contributed by atoms with Gasteiger partial charge in [0.05, 0.1) is 19.3 Å². The van der Waals surface area contributed by atoms with Gasteiger partial charge in [-0.25, -0.2) is 4.79 Å². The number of allylic oxidation sites excluding steroid dienone is 1. The first-order valence-electron chi connectivity index (χ1n) is 14.1. The topological polar surface area (TPSA) is 114 Å². The first kappa shape index (κ1) is 32.7. The number of hydrogen-bond donors (Lipinski definition) is 2. The molecule has 0 saturated carbocycles. The summed E-state index contributed by atoms with van der Waals surface area (Å²) in [4.78, 5) is 26.0. The van der Waals surface area contributed by atoms with Gasteiger partial charge in [-0.15, -0.1) is 0 Å². The molecule has 0 saturated heterocycles. The highest BCUT2D eigenvalue weighted by Crippen LogP contribution is 2.32. The lowest BCUT2D eigenvalue weighted by Gasteiger charge is -2.13. The van der Waals surface area contributed by atoms with Gasteiger partial charge in [0.1, 0.15) is 5.75 Å². The van der Waals surface area contributed by atoms with Gasteiger partial charge in [0.15, 0.2) is 17.3 Å². The molecule has 0 heterocycles. The Morgan fingerprint density at radius 1 is 0.867 bits per heavy atom. The van der Waals surface area contributed by atoms with Crippen LogP contribution in [-0.2, 0) is 0 Å². The highest BCUT2D eigenvalue weighted by atomic mass is 19.4. The monoisotopic (exact) mass is 618 g/mol. The standard InChI is InChI=1S/C35H33F3N2O5/c1-22-28(24-7-11-26(39)12-8-24)15-16-29(40)33(22)30(41)17-5-23-6-18-31(32(21-23)43-2)45-34(42)25-9-13-27(14-10-25)44-20-4-3-19-35(36,37)38/h5-18,21H,3-4,19-20,39-40H2,1-2H3. The third kappa shape index (κ3) is 8.88. The number of methoxy groups -OCH3 is 1. The number of benzene rings is 4. The zero-order valence-corrected chi connectivity index (χ0v) is 24.8. The summed E-state index contributed by atoms with van der Waals surface area (Å²) in [5.74, 6) is -0.0401. The van der Waals surface area contributed by atoms with Crippen LogP contribution in [0, 0.1) is 6.92 Å². The maximum Gasteiger partial charge on any atom is 0.389 e. The molecular formula is C35H33F3N2O5. The van der Waals surface area contributed by atoms with Crippen molar-refractivity contribution in [2.24, 2.45) is 0 Å². The van der Waals surface area contributed by atoms with Crippen LogP contribution in [0.15, 0.2) is 84.9 Å². The molecule has 45 heavy (non-hydrogen) atoms. The average Bonchev–Trinajstić information content (AvgIpc) is 3.00. The fraction of sp³-hybridized carbons (Fsp3) is 0.200. The molecule has 0 atom stereocenters. The molecule has 0 unspecified atom stereocenters. The van der Waals surface area contributed by atoms with E-state index in [1.165, 1.54) is 25.3 Å². The SMILES string of the molecule is COc1cc(C=CC(=O)c2c(N)ccc(-c3ccc(N)cc3)c2C)ccc1OC(=O)c1ccc(OCCCCC(F)(F)F)cc1. The van der Waals surface area contributed by atoms with Gasteiger partial charge < -0.3 is 25.7 Å². The van der Waals surface area contributed by atoms with Crippen molar-refractivity contribution >= 4 is 29.2 Å². The predicted molar refractivity (Wildman–Crippen MR) is 169 cm³/mol. The van der Waals surface area contributed by atoms with Crippen molar-refractivity contribution < 1.29 is 37.0 Å². The number of rotatable bonds is 12. The first-order valence-corrected chi connectivity index (χ1v) is 14.1. The zero-order chi connectivity index (χ0) is 32.6. The number of carbonyl (C=O) groups is 2. The number of hydrogen-bond acceptors (Lipinski definition) is 7. The molecule has 0 amide bonds. The Labute approximate surface area is 259 Å². The second kappa shape index (κ2) is 14.5. The van der Waals surface area contributed by atoms with Crippen molar-refractivity contribution in [3.8, 4) is 28.4 Å². The van der Waals surface area contributed by atoms with Crippen molar-refractivity contribution in [1.82, 2.24) is 0 Å². The van der Waals surface area contributed by atoms with Gasteiger partial charge in [-0.05, 0) is 103 Å². The lowest BCUT2D eigenvalue weighted by Crippen LogP contribution is -2.09. The number of ether oxygens (including phenoxy) is 3. The van der Waals surface area contributed by atoms with E-state index in [2.05, 4.69) is 0 Å². The van der Waals surface area contributed by atoms with Crippen LogP contribution in [0.3, 0.4) is 0 Å². The summed E-state index contributed by atoms with van der Waals surface area (Å²) in [6.45, 7) is 1.98. The average molecular weight is 619 g/mol. The van der Waals surface area contributed by atoms with E-state index in [9.17, 15) is 22.8 Å². The molecule has 0 aliphatic heterocycles. The molecule has 0 bridgehead atoms. The maximum absolute atomic E-state index is 13.2. The lowest BCUT2D eigenvalue weighted by molar-refractivity contribution is -0.135. The molecule has 4 N–H and O–H groups in total. The highest BCUT2D eigenvalue weighted by molar-refractivity contribution is 6.12. The van der Waals surface area contributed by atoms with Gasteiger partial charge in [-0.1, -0.05) is 30.3 Å². The minimum Gasteiger partial charge on any atom is -0.494 e. The first-order chi connectivity index (χ1) is 21.4. The summed E-state index contributed by atoms with van der Waals surface area (Å²) < 4.78 is 53.1. The zero-order valence-electron chi connectivity index (χ0n) is 24.8. The Morgan fingerprint density at radius 3 is 2.24 bits per heavy atom. The molecule has 0 fully saturated rings. The molecule has 4 aromatic rings. The normalized spacial score (nSPS) is 11.4. The van der Waals surface area contributed by atoms with Gasteiger partial charge in [0.2, 0.25) is 0 Å². The van der Waals surface area contributed by atoms with Crippen LogP contribution < -0.4 is 25.7 Å². The predicted octanol–water partition coefficient (Wildman–Crippen LogP) is 8.06. The molecule has 4 rings (SSSR count). The third-order valence-corrected chi connectivity index (χ3v) is 7.00. The Morgan fingerprint density at radius 2 is 1.58 bits per heavy atom. The van der Waals surface area contributed by atoms with Gasteiger partial charge in [-0.3, -0.25) is 4.79 Å². The van der Waals surface area contributed by atoms with E-state index >= 15 is 0 Å². The largest absolute Gasteiger partial charge is 0.494 e. The number of halogens is 3. The van der Waals surface area contributed by atoms with Crippen molar-refractivity contribution in [1.29, 1.82) is 0 Å². The molecule has 10 heteroatoms. The number of nitrogen functional groups attached to an aromatic ring is 2. The Balaban J connectivity index is 1.40. The minimum atomic E-state index is -4.18. The maximum atomic E-state index is 13.2. The Hall–Kier alpha value is -5.25. The number of esters is 1. The van der Waals surface area contributed by atoms with E-state index < -0.39 is 18.6 Å². The van der Waals surface area contributed by atoms with Crippen molar-refractivity contribution in [2.75, 3.05) is 25.2 Å². The van der Waals surface area contributed by atoms with Crippen LogP contribution in [0.1, 0.15) is 51.1 Å². The molecule has 0 aliphatic rings. The van der Waals surface area contributed by atoms with E-state index in [1.54, 1.807) is 54.6 Å². The quantitative estimate of drug-likeness (QED) is 0.0412. The Kier molecular flexibility index (Phi) is 10.5. The fourth-order valence-corrected chi connectivity index (χ4v) is 4.63. The summed E-state index contributed by atoms with van der Waals surface area (Å²) in [5.41, 5.74) is 16.8. The molecule has 0 aromatic heterocycles. The van der Waals surface area contributed by atoms with Crippen molar-refractivity contribution in [3.63, 3.8) is 0 Å². The molecule has 234 valence electrons. The number of unbranched alkanes of at least 4 members (excludes halogenated alkanes) is 1. The van der Waals surface area contributed by atoms with Crippen LogP contribution in [0.2, 0.25) is 0 Å². The molecular weight excluding hydrogens is 585 g/mol. The summed E-state index contributed by atoms with van der Waals surface area (Å²) in [5, 5.41) is 0. The molecule has 7 nitrogen and oxygen atoms in total. The van der Waals surface area contributed by atoms with Crippen LogP contribution >= 0.6 is 0 Å².